The Morgan fingerprint density at radius 2 is 1.84 bits per heavy atom. The van der Waals surface area contributed by atoms with E-state index in [0.717, 1.165) is 37.4 Å². The summed E-state index contributed by atoms with van der Waals surface area (Å²) in [6.45, 7) is 2.44. The van der Waals surface area contributed by atoms with Gasteiger partial charge in [-0.05, 0) is 37.1 Å². The van der Waals surface area contributed by atoms with Crippen LogP contribution in [0.2, 0.25) is 0 Å². The van der Waals surface area contributed by atoms with Crippen molar-refractivity contribution in [2.24, 2.45) is 0 Å². The number of ether oxygens (including phenoxy) is 2. The second-order valence-corrected chi connectivity index (χ2v) is 6.12. The summed E-state index contributed by atoms with van der Waals surface area (Å²) in [7, 11) is 0. The Labute approximate surface area is 148 Å². The molecule has 5 heteroatoms. The third-order valence-corrected chi connectivity index (χ3v) is 4.32. The van der Waals surface area contributed by atoms with Crippen LogP contribution in [0.3, 0.4) is 0 Å². The number of para-hydroxylation sites is 1. The number of carbonyl (C=O) groups excluding carboxylic acids is 1. The molecular formula is C20H24N2O3. The van der Waals surface area contributed by atoms with Gasteiger partial charge < -0.3 is 14.4 Å². The molecule has 25 heavy (non-hydrogen) atoms. The highest BCUT2D eigenvalue weighted by Crippen LogP contribution is 2.16. The van der Waals surface area contributed by atoms with Crippen LogP contribution in [-0.2, 0) is 16.1 Å². The quantitative estimate of drug-likeness (QED) is 0.777. The predicted molar refractivity (Wildman–Crippen MR) is 95.2 cm³/mol. The van der Waals surface area contributed by atoms with Crippen molar-refractivity contribution in [3.05, 3.63) is 60.4 Å². The van der Waals surface area contributed by atoms with Gasteiger partial charge in [-0.1, -0.05) is 24.3 Å². The molecule has 0 radical (unpaired) electrons. The molecule has 1 fully saturated rings. The number of likely N-dealkylation sites (tertiary alicyclic amines) is 1. The minimum atomic E-state index is 0.152. The highest BCUT2D eigenvalue weighted by molar-refractivity contribution is 5.76. The number of benzene rings is 1. The zero-order chi connectivity index (χ0) is 17.3. The van der Waals surface area contributed by atoms with Gasteiger partial charge in [-0.25, -0.2) is 0 Å². The fraction of sp³-hybridized carbons (Fsp3) is 0.400. The number of carbonyl (C=O) groups is 1. The van der Waals surface area contributed by atoms with Crippen LogP contribution in [0.25, 0.3) is 0 Å². The molecule has 0 atom stereocenters. The fourth-order valence-electron chi connectivity index (χ4n) is 2.89. The molecule has 132 valence electrons. The number of hydrogen-bond donors (Lipinski definition) is 0. The van der Waals surface area contributed by atoms with E-state index in [1.54, 1.807) is 6.20 Å². The first-order valence-corrected chi connectivity index (χ1v) is 8.78. The second kappa shape index (κ2) is 9.18. The minimum absolute atomic E-state index is 0.152. The maximum atomic E-state index is 12.3. The number of rotatable bonds is 7. The fourth-order valence-corrected chi connectivity index (χ4v) is 2.89. The van der Waals surface area contributed by atoms with Crippen molar-refractivity contribution in [2.75, 3.05) is 19.7 Å². The third kappa shape index (κ3) is 5.57. The van der Waals surface area contributed by atoms with Crippen molar-refractivity contribution < 1.29 is 14.3 Å². The average Bonchev–Trinajstić information content (AvgIpc) is 2.68. The van der Waals surface area contributed by atoms with E-state index in [9.17, 15) is 4.79 Å². The third-order valence-electron chi connectivity index (χ3n) is 4.32. The molecule has 2 aromatic rings. The predicted octanol–water partition coefficient (Wildman–Crippen LogP) is 3.06. The molecule has 1 amide bonds. The summed E-state index contributed by atoms with van der Waals surface area (Å²) >= 11 is 0. The van der Waals surface area contributed by atoms with Gasteiger partial charge in [0.15, 0.2) is 0 Å². The Hall–Kier alpha value is -2.40. The first-order chi connectivity index (χ1) is 12.3. The number of nitrogens with zero attached hydrogens (tertiary/aromatic N) is 2. The Morgan fingerprint density at radius 3 is 2.56 bits per heavy atom. The number of piperidine rings is 1. The van der Waals surface area contributed by atoms with Crippen molar-refractivity contribution in [3.8, 4) is 5.75 Å². The van der Waals surface area contributed by atoms with E-state index in [4.69, 9.17) is 9.47 Å². The van der Waals surface area contributed by atoms with E-state index < -0.39 is 0 Å². The van der Waals surface area contributed by atoms with E-state index in [2.05, 4.69) is 4.98 Å². The van der Waals surface area contributed by atoms with E-state index in [0.29, 0.717) is 19.6 Å². The van der Waals surface area contributed by atoms with E-state index in [1.165, 1.54) is 0 Å². The summed E-state index contributed by atoms with van der Waals surface area (Å²) in [5, 5.41) is 0. The van der Waals surface area contributed by atoms with Crippen LogP contribution in [0.15, 0.2) is 54.7 Å². The highest BCUT2D eigenvalue weighted by atomic mass is 16.5. The van der Waals surface area contributed by atoms with Crippen molar-refractivity contribution >= 4 is 5.91 Å². The van der Waals surface area contributed by atoms with Crippen molar-refractivity contribution in [3.63, 3.8) is 0 Å². The molecule has 0 unspecified atom stereocenters. The van der Waals surface area contributed by atoms with Gasteiger partial charge in [-0.3, -0.25) is 9.78 Å². The lowest BCUT2D eigenvalue weighted by Crippen LogP contribution is -2.41. The highest BCUT2D eigenvalue weighted by Gasteiger charge is 2.23. The molecule has 0 spiro atoms. The number of amides is 1. The van der Waals surface area contributed by atoms with Gasteiger partial charge in [0.1, 0.15) is 5.75 Å². The summed E-state index contributed by atoms with van der Waals surface area (Å²) in [5.41, 5.74) is 0.944. The summed E-state index contributed by atoms with van der Waals surface area (Å²) in [5.74, 6) is 0.955. The summed E-state index contributed by atoms with van der Waals surface area (Å²) < 4.78 is 11.5. The van der Waals surface area contributed by atoms with E-state index in [1.807, 2.05) is 53.4 Å². The number of hydrogen-bond acceptors (Lipinski definition) is 4. The molecule has 1 aliphatic heterocycles. The first kappa shape index (κ1) is 17.4. The van der Waals surface area contributed by atoms with Crippen molar-refractivity contribution in [1.82, 2.24) is 9.88 Å². The van der Waals surface area contributed by atoms with Gasteiger partial charge in [0.2, 0.25) is 5.91 Å². The largest absolute Gasteiger partial charge is 0.493 e. The number of pyridine rings is 1. The van der Waals surface area contributed by atoms with Gasteiger partial charge in [0, 0.05) is 19.3 Å². The lowest BCUT2D eigenvalue weighted by Gasteiger charge is -2.32. The molecule has 0 N–H and O–H groups in total. The van der Waals surface area contributed by atoms with Crippen molar-refractivity contribution in [1.29, 1.82) is 0 Å². The summed E-state index contributed by atoms with van der Waals surface area (Å²) in [6, 6.07) is 15.4. The standard InChI is InChI=1S/C20H24N2O3/c23-20(11-15-24-18-7-2-1-3-8-18)22-13-9-19(10-14-22)25-16-17-6-4-5-12-21-17/h1-8,12,19H,9-11,13-16H2. The molecule has 2 heterocycles. The molecule has 1 aromatic heterocycles. The second-order valence-electron chi connectivity index (χ2n) is 6.12. The van der Waals surface area contributed by atoms with Crippen molar-refractivity contribution in [2.45, 2.75) is 32.0 Å². The van der Waals surface area contributed by atoms with Crippen LogP contribution in [0.4, 0.5) is 0 Å². The van der Waals surface area contributed by atoms with Crippen LogP contribution in [0.1, 0.15) is 25.0 Å². The number of aromatic nitrogens is 1. The molecule has 1 aliphatic rings. The Morgan fingerprint density at radius 1 is 1.08 bits per heavy atom. The van der Waals surface area contributed by atoms with E-state index >= 15 is 0 Å². The molecule has 1 aromatic carbocycles. The maximum absolute atomic E-state index is 12.3. The zero-order valence-corrected chi connectivity index (χ0v) is 14.3. The Kier molecular flexibility index (Phi) is 6.40. The average molecular weight is 340 g/mol. The SMILES string of the molecule is O=C(CCOc1ccccc1)N1CCC(OCc2ccccn2)CC1. The molecule has 0 aliphatic carbocycles. The minimum Gasteiger partial charge on any atom is -0.493 e. The van der Waals surface area contributed by atoms with Crippen LogP contribution < -0.4 is 4.74 Å². The van der Waals surface area contributed by atoms with Crippen LogP contribution in [0.5, 0.6) is 5.75 Å². The lowest BCUT2D eigenvalue weighted by atomic mass is 10.1. The van der Waals surface area contributed by atoms with Crippen LogP contribution >= 0.6 is 0 Å². The first-order valence-electron chi connectivity index (χ1n) is 8.78. The normalized spacial score (nSPS) is 15.1. The van der Waals surface area contributed by atoms with Crippen LogP contribution in [-0.4, -0.2) is 41.6 Å². The van der Waals surface area contributed by atoms with Gasteiger partial charge >= 0.3 is 0 Å². The monoisotopic (exact) mass is 340 g/mol. The zero-order valence-electron chi connectivity index (χ0n) is 14.3. The van der Waals surface area contributed by atoms with Crippen LogP contribution in [0, 0.1) is 0 Å². The Bertz CT molecular complexity index is 641. The Balaban J connectivity index is 1.33. The van der Waals surface area contributed by atoms with Gasteiger partial charge in [0.25, 0.3) is 0 Å². The topological polar surface area (TPSA) is 51.7 Å². The van der Waals surface area contributed by atoms with Gasteiger partial charge in [-0.15, -0.1) is 0 Å². The molecule has 5 nitrogen and oxygen atoms in total. The maximum Gasteiger partial charge on any atom is 0.226 e. The smallest absolute Gasteiger partial charge is 0.226 e. The lowest BCUT2D eigenvalue weighted by molar-refractivity contribution is -0.134. The molecular weight excluding hydrogens is 316 g/mol. The van der Waals surface area contributed by atoms with Gasteiger partial charge in [-0.2, -0.15) is 0 Å². The molecule has 3 rings (SSSR count). The summed E-state index contributed by atoms with van der Waals surface area (Å²) in [6.07, 6.45) is 4.13. The molecule has 0 saturated carbocycles. The molecule has 0 bridgehead atoms. The molecule has 1 saturated heterocycles. The van der Waals surface area contributed by atoms with E-state index in [-0.39, 0.29) is 12.0 Å². The summed E-state index contributed by atoms with van der Waals surface area (Å²) in [4.78, 5) is 18.4. The van der Waals surface area contributed by atoms with Gasteiger partial charge in [0.05, 0.1) is 31.4 Å².